The van der Waals surface area contributed by atoms with Gasteiger partial charge in [0.05, 0.1) is 12.1 Å². The third kappa shape index (κ3) is 9.50. The number of fused-ring (bicyclic) bond motifs is 7. The molecule has 4 N–H and O–H groups in total. The molecule has 1 unspecified atom stereocenters. The van der Waals surface area contributed by atoms with Crippen molar-refractivity contribution in [3.05, 3.63) is 73.1 Å². The molecule has 0 radical (unpaired) electrons. The van der Waals surface area contributed by atoms with Gasteiger partial charge in [-0.1, -0.05) is 23.8 Å². The summed E-state index contributed by atoms with van der Waals surface area (Å²) in [4.78, 5) is 82.0. The van der Waals surface area contributed by atoms with E-state index in [1.165, 1.54) is 27.6 Å². The summed E-state index contributed by atoms with van der Waals surface area (Å²) in [5.41, 5.74) is 2.67. The van der Waals surface area contributed by atoms with Crippen molar-refractivity contribution in [1.82, 2.24) is 35.7 Å². The van der Waals surface area contributed by atoms with Gasteiger partial charge in [0.25, 0.3) is 11.8 Å². The molecule has 0 spiro atoms. The van der Waals surface area contributed by atoms with Crippen molar-refractivity contribution >= 4 is 63.0 Å². The highest BCUT2D eigenvalue weighted by molar-refractivity contribution is 7.84. The van der Waals surface area contributed by atoms with E-state index in [-0.39, 0.29) is 47.5 Å². The van der Waals surface area contributed by atoms with Crippen LogP contribution in [-0.2, 0) is 38.0 Å². The van der Waals surface area contributed by atoms with Crippen LogP contribution in [0.3, 0.4) is 0 Å². The molecule has 3 aromatic rings. The third-order valence-electron chi connectivity index (χ3n) is 10.1. The largest absolute Gasteiger partial charge is 0.508 e. The van der Waals surface area contributed by atoms with Gasteiger partial charge in [-0.05, 0) is 76.5 Å². The molecule has 3 aliphatic heterocycles. The topological polar surface area (TPSA) is 191 Å². The van der Waals surface area contributed by atoms with Crippen LogP contribution in [0.4, 0.5) is 0 Å². The molecule has 4 bridgehead atoms. The Morgan fingerprint density at radius 2 is 1.49 bits per heavy atom. The number of nitrogens with zero attached hydrogens (tertiary/aromatic N) is 4. The molecule has 0 aliphatic carbocycles. The highest BCUT2D eigenvalue weighted by atomic mass is 32.2. The first-order valence-electron chi connectivity index (χ1n) is 18.5. The number of aromatic hydroxyl groups is 1. The van der Waals surface area contributed by atoms with Gasteiger partial charge in [0, 0.05) is 53.1 Å². The predicted octanol–water partition coefficient (Wildman–Crippen LogP) is 3.57. The quantitative estimate of drug-likeness (QED) is 0.259. The van der Waals surface area contributed by atoms with Gasteiger partial charge >= 0.3 is 0 Å². The lowest BCUT2D eigenvalue weighted by atomic mass is 9.99. The van der Waals surface area contributed by atoms with E-state index >= 15 is 0 Å². The van der Waals surface area contributed by atoms with Crippen LogP contribution in [0.1, 0.15) is 107 Å². The maximum atomic E-state index is 14.4. The van der Waals surface area contributed by atoms with Crippen LogP contribution in [0.2, 0.25) is 0 Å². The van der Waals surface area contributed by atoms with Crippen LogP contribution in [0.25, 0.3) is 0 Å². The molecule has 5 amide bonds. The molecule has 294 valence electrons. The van der Waals surface area contributed by atoms with E-state index in [4.69, 9.17) is 0 Å². The van der Waals surface area contributed by atoms with Gasteiger partial charge in [0.15, 0.2) is 0 Å². The van der Waals surface area contributed by atoms with E-state index < -0.39 is 58.7 Å². The van der Waals surface area contributed by atoms with Gasteiger partial charge in [0.1, 0.15) is 45.3 Å². The molecule has 6 atom stereocenters. The number of allylic oxidation sites excluding steroid dienone is 2. The zero-order valence-electron chi connectivity index (χ0n) is 31.3. The van der Waals surface area contributed by atoms with Gasteiger partial charge in [-0.2, -0.15) is 0 Å². The van der Waals surface area contributed by atoms with Crippen LogP contribution in [0.5, 0.6) is 5.75 Å². The fraction of sp³-hybridized carbons (Fsp3) is 0.500. The Morgan fingerprint density at radius 1 is 0.891 bits per heavy atom. The van der Waals surface area contributed by atoms with Crippen molar-refractivity contribution in [3.63, 3.8) is 0 Å². The Kier molecular flexibility index (Phi) is 12.8. The Bertz CT molecular complexity index is 2010. The number of rotatable bonds is 7. The molecule has 55 heavy (non-hydrogen) atoms. The molecular formula is C38H47N7O7S3. The Morgan fingerprint density at radius 3 is 2.16 bits per heavy atom. The van der Waals surface area contributed by atoms with Crippen molar-refractivity contribution in [2.45, 2.75) is 95.9 Å². The van der Waals surface area contributed by atoms with E-state index in [0.717, 1.165) is 11.1 Å². The fourth-order valence-corrected chi connectivity index (χ4v) is 9.50. The van der Waals surface area contributed by atoms with Crippen LogP contribution in [0.15, 0.2) is 40.6 Å². The molecule has 1 aromatic carbocycles. The van der Waals surface area contributed by atoms with Crippen molar-refractivity contribution in [2.24, 2.45) is 0 Å². The lowest BCUT2D eigenvalue weighted by Gasteiger charge is -2.29. The summed E-state index contributed by atoms with van der Waals surface area (Å²) in [6, 6.07) is 1.25. The number of nitrogens with one attached hydrogen (secondary N) is 3. The Labute approximate surface area is 330 Å². The molecular weight excluding hydrogens is 763 g/mol. The second-order valence-corrected chi connectivity index (χ2v) is 17.9. The maximum absolute atomic E-state index is 14.4. The number of phenols is 1. The fourth-order valence-electron chi connectivity index (χ4n) is 7.18. The maximum Gasteiger partial charge on any atom is 0.271 e. The van der Waals surface area contributed by atoms with E-state index in [2.05, 4.69) is 25.9 Å². The number of hydrogen-bond donors (Lipinski definition) is 4. The second-order valence-electron chi connectivity index (χ2n) is 14.5. The van der Waals surface area contributed by atoms with Gasteiger partial charge in [-0.15, -0.1) is 22.7 Å². The van der Waals surface area contributed by atoms with Gasteiger partial charge in [-0.3, -0.25) is 28.2 Å². The van der Waals surface area contributed by atoms with Crippen molar-refractivity contribution < 1.29 is 33.3 Å². The van der Waals surface area contributed by atoms with Crippen LogP contribution in [0, 0.1) is 0 Å². The van der Waals surface area contributed by atoms with Crippen LogP contribution in [-0.4, -0.2) is 102 Å². The highest BCUT2D eigenvalue weighted by Gasteiger charge is 2.40. The molecule has 17 heteroatoms. The summed E-state index contributed by atoms with van der Waals surface area (Å²) >= 11 is 2.43. The van der Waals surface area contributed by atoms with Crippen molar-refractivity contribution in [1.29, 1.82) is 0 Å². The first-order chi connectivity index (χ1) is 26.3. The second kappa shape index (κ2) is 17.5. The zero-order chi connectivity index (χ0) is 39.4. The van der Waals surface area contributed by atoms with Crippen molar-refractivity contribution in [2.75, 3.05) is 25.1 Å². The van der Waals surface area contributed by atoms with Gasteiger partial charge in [0.2, 0.25) is 17.7 Å². The summed E-state index contributed by atoms with van der Waals surface area (Å²) in [6.07, 6.45) is 6.58. The molecule has 2 fully saturated rings. The molecule has 3 aliphatic rings. The minimum atomic E-state index is -1.21. The number of carbonyl (C=O) groups is 5. The van der Waals surface area contributed by atoms with E-state index in [0.29, 0.717) is 60.8 Å². The SMILES string of the molecule is CC(C)=CCc1cc(C[C@@H]2NC(=O)c3csc(n3)[C@@H]3CCCN3C(=O)[C@H](CCS(C)=O)NC(=O)c3csc(n3)[C@H](C)NC(=O)[C@@H]3CCCN3C2=O)ccc1O. The first-order valence-corrected chi connectivity index (χ1v) is 22.0. The average molecular weight is 810 g/mol. The summed E-state index contributed by atoms with van der Waals surface area (Å²) in [5.74, 6) is -1.95. The number of amides is 5. The number of thiazole rings is 2. The van der Waals surface area contributed by atoms with E-state index in [1.54, 1.807) is 41.0 Å². The molecule has 14 nitrogen and oxygen atoms in total. The smallest absolute Gasteiger partial charge is 0.271 e. The number of carbonyl (C=O) groups excluding carboxylic acids is 5. The first kappa shape index (κ1) is 40.2. The molecule has 2 saturated heterocycles. The Balaban J connectivity index is 1.36. The molecule has 0 saturated carbocycles. The third-order valence-corrected chi connectivity index (χ3v) is 12.9. The monoisotopic (exact) mass is 809 g/mol. The number of phenolic OH excluding ortho intramolecular Hbond substituents is 1. The summed E-state index contributed by atoms with van der Waals surface area (Å²) in [6.45, 7) is 6.42. The lowest BCUT2D eigenvalue weighted by molar-refractivity contribution is -0.140. The number of hydrogen-bond acceptors (Lipinski definition) is 11. The molecule has 6 rings (SSSR count). The average Bonchev–Trinajstić information content (AvgIpc) is 3.98. The molecule has 2 aromatic heterocycles. The van der Waals surface area contributed by atoms with E-state index in [1.807, 2.05) is 26.0 Å². The van der Waals surface area contributed by atoms with Gasteiger partial charge < -0.3 is 30.9 Å². The lowest BCUT2D eigenvalue weighted by Crippen LogP contribution is -2.54. The highest BCUT2D eigenvalue weighted by Crippen LogP contribution is 2.35. The molecule has 5 heterocycles. The van der Waals surface area contributed by atoms with Crippen LogP contribution < -0.4 is 16.0 Å². The number of benzene rings is 1. The summed E-state index contributed by atoms with van der Waals surface area (Å²) in [7, 11) is -1.21. The summed E-state index contributed by atoms with van der Waals surface area (Å²) < 4.78 is 12.1. The normalized spacial score (nSPS) is 24.3. The van der Waals surface area contributed by atoms with E-state index in [9.17, 15) is 33.3 Å². The van der Waals surface area contributed by atoms with Crippen LogP contribution >= 0.6 is 22.7 Å². The predicted molar refractivity (Wildman–Crippen MR) is 210 cm³/mol. The standard InChI is InChI=1S/C38H47N7O7S3/c1-21(2)9-11-24-17-23(10-12-31(24)46)18-26-38(51)44-14-5-7-29(44)34(49)39-22(3)35-42-27(19-53-35)32(47)40-25(13-16-55(4)52)37(50)45-15-6-8-30(45)36-43-28(20-54-36)33(48)41-26/h9-10,12,17,19-20,22,25-26,29-30,46H,5-8,11,13-16,18H2,1-4H3,(H,39,49)(H,40,47)(H,41,48)/t22-,25-,26-,29-,30-,55?/m0/s1. The zero-order valence-corrected chi connectivity index (χ0v) is 33.8. The minimum absolute atomic E-state index is 0.0906. The van der Waals surface area contributed by atoms with Gasteiger partial charge in [-0.25, -0.2) is 9.97 Å². The Hall–Kier alpha value is -4.48. The minimum Gasteiger partial charge on any atom is -0.508 e. The van der Waals surface area contributed by atoms with Crippen molar-refractivity contribution in [3.8, 4) is 5.75 Å². The summed E-state index contributed by atoms with van der Waals surface area (Å²) in [5, 5.41) is 23.4. The number of aromatic nitrogens is 2.